The lowest BCUT2D eigenvalue weighted by atomic mass is 10.2. The highest BCUT2D eigenvalue weighted by molar-refractivity contribution is 9.13. The third kappa shape index (κ3) is 3.00. The number of hydrogen-bond acceptors (Lipinski definition) is 3. The van der Waals surface area contributed by atoms with Gasteiger partial charge in [0.2, 0.25) is 0 Å². The summed E-state index contributed by atoms with van der Waals surface area (Å²) in [5.74, 6) is 0.0847. The lowest BCUT2D eigenvalue weighted by Gasteiger charge is -2.11. The van der Waals surface area contributed by atoms with Gasteiger partial charge in [-0.05, 0) is 43.5 Å². The number of carbonyl (C=O) groups excluding carboxylic acids is 2. The molecule has 1 aromatic carbocycles. The molecule has 0 atom stereocenters. The Morgan fingerprint density at radius 1 is 1.18 bits per heavy atom. The zero-order chi connectivity index (χ0) is 15.7. The van der Waals surface area contributed by atoms with Crippen molar-refractivity contribution in [3.05, 3.63) is 62.6 Å². The molecule has 5 nitrogen and oxygen atoms in total. The third-order valence-corrected chi connectivity index (χ3v) is 4.81. The standard InChI is InChI=1S/C15H10Br2N2O3/c16-11-6-10(22-13(11)17)7-12-14(20)19(15(21)18-12)8-9-4-2-1-3-5-9/h1-7H,8H2,(H,18,21)/b12-7-. The van der Waals surface area contributed by atoms with Crippen molar-refractivity contribution >= 4 is 49.9 Å². The minimum absolute atomic E-state index is 0.190. The lowest BCUT2D eigenvalue weighted by Crippen LogP contribution is -2.30. The van der Waals surface area contributed by atoms with Gasteiger partial charge in [0.1, 0.15) is 11.5 Å². The van der Waals surface area contributed by atoms with Crippen LogP contribution in [0.4, 0.5) is 4.79 Å². The number of rotatable bonds is 3. The summed E-state index contributed by atoms with van der Waals surface area (Å²) < 4.78 is 6.64. The van der Waals surface area contributed by atoms with Gasteiger partial charge < -0.3 is 9.73 Å². The van der Waals surface area contributed by atoms with Crippen LogP contribution in [-0.2, 0) is 11.3 Å². The Morgan fingerprint density at radius 3 is 2.55 bits per heavy atom. The molecule has 112 valence electrons. The number of urea groups is 1. The van der Waals surface area contributed by atoms with Crippen LogP contribution in [0.3, 0.4) is 0 Å². The Balaban J connectivity index is 1.82. The van der Waals surface area contributed by atoms with Gasteiger partial charge in [-0.1, -0.05) is 30.3 Å². The molecule has 22 heavy (non-hydrogen) atoms. The van der Waals surface area contributed by atoms with E-state index in [2.05, 4.69) is 37.2 Å². The SMILES string of the molecule is O=C1N/C(=C\c2cc(Br)c(Br)o2)C(=O)N1Cc1ccccc1. The van der Waals surface area contributed by atoms with Gasteiger partial charge >= 0.3 is 6.03 Å². The molecule has 0 spiro atoms. The van der Waals surface area contributed by atoms with Crippen LogP contribution >= 0.6 is 31.9 Å². The summed E-state index contributed by atoms with van der Waals surface area (Å²) in [5.41, 5.74) is 1.07. The van der Waals surface area contributed by atoms with Crippen LogP contribution in [0.25, 0.3) is 6.08 Å². The van der Waals surface area contributed by atoms with Crippen molar-refractivity contribution < 1.29 is 14.0 Å². The number of nitrogens with one attached hydrogen (secondary N) is 1. The van der Waals surface area contributed by atoms with Crippen LogP contribution < -0.4 is 5.32 Å². The van der Waals surface area contributed by atoms with Gasteiger partial charge in [0.15, 0.2) is 4.67 Å². The molecule has 3 amide bonds. The quantitative estimate of drug-likeness (QED) is 0.599. The van der Waals surface area contributed by atoms with E-state index in [4.69, 9.17) is 4.42 Å². The maximum atomic E-state index is 12.3. The molecule has 1 aliphatic heterocycles. The Hall–Kier alpha value is -1.86. The van der Waals surface area contributed by atoms with E-state index in [-0.39, 0.29) is 18.1 Å². The lowest BCUT2D eigenvalue weighted by molar-refractivity contribution is -0.123. The molecule has 0 bridgehead atoms. The van der Waals surface area contributed by atoms with Crippen LogP contribution in [-0.4, -0.2) is 16.8 Å². The van der Waals surface area contributed by atoms with Crippen LogP contribution in [0.15, 0.2) is 55.7 Å². The maximum Gasteiger partial charge on any atom is 0.329 e. The predicted molar refractivity (Wildman–Crippen MR) is 87.6 cm³/mol. The van der Waals surface area contributed by atoms with Crippen molar-refractivity contribution in [1.29, 1.82) is 0 Å². The fourth-order valence-corrected chi connectivity index (χ4v) is 2.67. The number of nitrogens with zero attached hydrogens (tertiary/aromatic N) is 1. The van der Waals surface area contributed by atoms with E-state index in [1.807, 2.05) is 30.3 Å². The molecule has 2 aromatic rings. The smallest absolute Gasteiger partial charge is 0.329 e. The molecule has 2 heterocycles. The number of halogens is 2. The van der Waals surface area contributed by atoms with Crippen molar-refractivity contribution in [3.63, 3.8) is 0 Å². The summed E-state index contributed by atoms with van der Waals surface area (Å²) >= 11 is 6.52. The summed E-state index contributed by atoms with van der Waals surface area (Å²) in [5, 5.41) is 2.56. The highest BCUT2D eigenvalue weighted by Crippen LogP contribution is 2.28. The summed E-state index contributed by atoms with van der Waals surface area (Å²) in [7, 11) is 0. The average molecular weight is 426 g/mol. The largest absolute Gasteiger partial charge is 0.449 e. The molecule has 7 heteroatoms. The number of amides is 3. The number of benzene rings is 1. The van der Waals surface area contributed by atoms with Crippen molar-refractivity contribution in [3.8, 4) is 0 Å². The molecule has 0 saturated carbocycles. The molecule has 0 unspecified atom stereocenters. The Morgan fingerprint density at radius 2 is 1.91 bits per heavy atom. The van der Waals surface area contributed by atoms with Crippen molar-refractivity contribution in [2.75, 3.05) is 0 Å². The topological polar surface area (TPSA) is 62.6 Å². The number of furan rings is 1. The monoisotopic (exact) mass is 424 g/mol. The number of imide groups is 1. The van der Waals surface area contributed by atoms with Crippen molar-refractivity contribution in [2.45, 2.75) is 6.54 Å². The zero-order valence-corrected chi connectivity index (χ0v) is 14.3. The third-order valence-electron chi connectivity index (χ3n) is 3.10. The van der Waals surface area contributed by atoms with Gasteiger partial charge in [-0.25, -0.2) is 4.79 Å². The Bertz CT molecular complexity index is 749. The second-order valence-electron chi connectivity index (χ2n) is 4.64. The highest BCUT2D eigenvalue weighted by Gasteiger charge is 2.33. The fourth-order valence-electron chi connectivity index (χ4n) is 2.06. The molecule has 0 radical (unpaired) electrons. The fraction of sp³-hybridized carbons (Fsp3) is 0.0667. The number of hydrogen-bond donors (Lipinski definition) is 1. The summed E-state index contributed by atoms with van der Waals surface area (Å²) in [6.45, 7) is 0.231. The van der Waals surface area contributed by atoms with E-state index in [1.165, 1.54) is 6.08 Å². The number of carbonyl (C=O) groups is 2. The van der Waals surface area contributed by atoms with E-state index in [0.29, 0.717) is 10.4 Å². The zero-order valence-electron chi connectivity index (χ0n) is 11.2. The van der Waals surface area contributed by atoms with Crippen LogP contribution in [0.1, 0.15) is 11.3 Å². The van der Waals surface area contributed by atoms with Crippen LogP contribution in [0.5, 0.6) is 0 Å². The average Bonchev–Trinajstić information content (AvgIpc) is 2.94. The van der Waals surface area contributed by atoms with E-state index >= 15 is 0 Å². The molecule has 1 aliphatic rings. The summed E-state index contributed by atoms with van der Waals surface area (Å²) in [6, 6.07) is 10.6. The molecule has 0 aliphatic carbocycles. The van der Waals surface area contributed by atoms with Crippen molar-refractivity contribution in [1.82, 2.24) is 10.2 Å². The normalized spacial score (nSPS) is 16.5. The van der Waals surface area contributed by atoms with Crippen molar-refractivity contribution in [2.24, 2.45) is 0 Å². The van der Waals surface area contributed by atoms with Gasteiger partial charge in [0, 0.05) is 6.08 Å². The summed E-state index contributed by atoms with van der Waals surface area (Å²) in [4.78, 5) is 25.5. The van der Waals surface area contributed by atoms with Gasteiger partial charge in [-0.15, -0.1) is 0 Å². The minimum atomic E-state index is -0.440. The van der Waals surface area contributed by atoms with Gasteiger partial charge in [0.05, 0.1) is 11.0 Å². The first-order chi connectivity index (χ1) is 10.5. The van der Waals surface area contributed by atoms with E-state index < -0.39 is 6.03 Å². The molecular weight excluding hydrogens is 416 g/mol. The molecule has 3 rings (SSSR count). The molecule has 1 N–H and O–H groups in total. The first kappa shape index (κ1) is 15.1. The summed E-state index contributed by atoms with van der Waals surface area (Å²) in [6.07, 6.45) is 1.50. The first-order valence-corrected chi connectivity index (χ1v) is 7.96. The first-order valence-electron chi connectivity index (χ1n) is 6.38. The molecule has 1 aromatic heterocycles. The van der Waals surface area contributed by atoms with E-state index in [9.17, 15) is 9.59 Å². The van der Waals surface area contributed by atoms with Gasteiger partial charge in [0.25, 0.3) is 5.91 Å². The molecule has 1 saturated heterocycles. The van der Waals surface area contributed by atoms with Gasteiger partial charge in [-0.3, -0.25) is 9.69 Å². The van der Waals surface area contributed by atoms with E-state index in [1.54, 1.807) is 6.07 Å². The second kappa shape index (κ2) is 6.10. The van der Waals surface area contributed by atoms with Crippen LogP contribution in [0.2, 0.25) is 0 Å². The minimum Gasteiger partial charge on any atom is -0.449 e. The van der Waals surface area contributed by atoms with Crippen LogP contribution in [0, 0.1) is 0 Å². The predicted octanol–water partition coefficient (Wildman–Crippen LogP) is 3.90. The van der Waals surface area contributed by atoms with Gasteiger partial charge in [-0.2, -0.15) is 0 Å². The highest BCUT2D eigenvalue weighted by atomic mass is 79.9. The van der Waals surface area contributed by atoms with E-state index in [0.717, 1.165) is 14.9 Å². The Kier molecular flexibility index (Phi) is 4.17. The molecular formula is C15H10Br2N2O3. The maximum absolute atomic E-state index is 12.3. The second-order valence-corrected chi connectivity index (χ2v) is 6.21. The Labute approximate surface area is 143 Å². The molecule has 1 fully saturated rings.